The summed E-state index contributed by atoms with van der Waals surface area (Å²) in [4.78, 5) is 4.62. The molecule has 0 spiro atoms. The van der Waals surface area contributed by atoms with Crippen LogP contribution in [0.25, 0.3) is 0 Å². The summed E-state index contributed by atoms with van der Waals surface area (Å²) >= 11 is 0. The average Bonchev–Trinajstić information content (AvgIpc) is 2.75. The fourth-order valence-electron chi connectivity index (χ4n) is 2.40. The first-order valence-electron chi connectivity index (χ1n) is 5.87. The largest absolute Gasteiger partial charge is 0.370 e. The van der Waals surface area contributed by atoms with Gasteiger partial charge >= 0.3 is 0 Å². The first kappa shape index (κ1) is 9.73. The van der Waals surface area contributed by atoms with E-state index in [-0.39, 0.29) is 0 Å². The van der Waals surface area contributed by atoms with Crippen molar-refractivity contribution < 1.29 is 0 Å². The number of rotatable bonds is 1. The third-order valence-electron chi connectivity index (χ3n) is 3.35. The van der Waals surface area contributed by atoms with Gasteiger partial charge in [-0.1, -0.05) is 12.2 Å². The number of allylic oxidation sites excluding steroid dienone is 4. The van der Waals surface area contributed by atoms with Crippen LogP contribution in [0.3, 0.4) is 0 Å². The van der Waals surface area contributed by atoms with E-state index in [1.54, 1.807) is 0 Å². The smallest absolute Gasteiger partial charge is 0.0429 e. The second-order valence-electron chi connectivity index (χ2n) is 4.55. The van der Waals surface area contributed by atoms with Crippen LogP contribution in [0.5, 0.6) is 0 Å². The average molecular weight is 215 g/mol. The van der Waals surface area contributed by atoms with Crippen molar-refractivity contribution in [1.82, 2.24) is 9.80 Å². The molecule has 0 aliphatic carbocycles. The van der Waals surface area contributed by atoms with Gasteiger partial charge in [-0.3, -0.25) is 0 Å². The molecule has 0 aromatic heterocycles. The maximum absolute atomic E-state index is 5.93. The molecule has 16 heavy (non-hydrogen) atoms. The van der Waals surface area contributed by atoms with E-state index in [0.717, 1.165) is 26.1 Å². The van der Waals surface area contributed by atoms with E-state index in [9.17, 15) is 0 Å². The third-order valence-corrected chi connectivity index (χ3v) is 3.35. The Kier molecular flexibility index (Phi) is 2.33. The van der Waals surface area contributed by atoms with Crippen molar-refractivity contribution in [2.24, 2.45) is 5.73 Å². The minimum absolute atomic E-state index is 0.340. The van der Waals surface area contributed by atoms with E-state index in [1.807, 2.05) is 0 Å². The molecule has 3 rings (SSSR count). The van der Waals surface area contributed by atoms with Crippen molar-refractivity contribution >= 4 is 0 Å². The number of hydrogen-bond acceptors (Lipinski definition) is 3. The van der Waals surface area contributed by atoms with Crippen molar-refractivity contribution in [3.05, 3.63) is 48.0 Å². The van der Waals surface area contributed by atoms with Gasteiger partial charge in [-0.15, -0.1) is 0 Å². The lowest BCUT2D eigenvalue weighted by atomic mass is 10.1. The molecule has 0 radical (unpaired) electrons. The van der Waals surface area contributed by atoms with Crippen molar-refractivity contribution in [1.29, 1.82) is 0 Å². The molecular weight excluding hydrogens is 198 g/mol. The molecule has 0 saturated carbocycles. The normalized spacial score (nSPS) is 27.9. The highest BCUT2D eigenvalue weighted by atomic mass is 15.2. The zero-order valence-electron chi connectivity index (χ0n) is 9.34. The van der Waals surface area contributed by atoms with Crippen LogP contribution in [-0.2, 0) is 0 Å². The molecule has 2 N–H and O–H groups in total. The SMILES string of the molecule is NC1CCN(C2=CC3=CC=CCN3C=C2)C1. The maximum Gasteiger partial charge on any atom is 0.0429 e. The summed E-state index contributed by atoms with van der Waals surface area (Å²) in [6, 6.07) is 0.340. The van der Waals surface area contributed by atoms with Gasteiger partial charge in [0.05, 0.1) is 0 Å². The summed E-state index contributed by atoms with van der Waals surface area (Å²) in [7, 11) is 0. The molecule has 1 unspecified atom stereocenters. The highest BCUT2D eigenvalue weighted by Crippen LogP contribution is 2.24. The quantitative estimate of drug-likeness (QED) is 0.713. The zero-order valence-corrected chi connectivity index (χ0v) is 9.34. The lowest BCUT2D eigenvalue weighted by molar-refractivity contribution is 0.420. The summed E-state index contributed by atoms with van der Waals surface area (Å²) in [6.45, 7) is 3.05. The molecule has 1 fully saturated rings. The Morgan fingerprint density at radius 1 is 1.31 bits per heavy atom. The van der Waals surface area contributed by atoms with Crippen LogP contribution < -0.4 is 5.73 Å². The van der Waals surface area contributed by atoms with Gasteiger partial charge in [-0.2, -0.15) is 0 Å². The predicted molar refractivity (Wildman–Crippen MR) is 65.3 cm³/mol. The van der Waals surface area contributed by atoms with Gasteiger partial charge in [-0.25, -0.2) is 0 Å². The summed E-state index contributed by atoms with van der Waals surface area (Å²) in [5.74, 6) is 0. The molecular formula is C13H17N3. The van der Waals surface area contributed by atoms with Gasteiger partial charge in [0, 0.05) is 43.3 Å². The number of likely N-dealkylation sites (tertiary alicyclic amines) is 1. The number of nitrogens with two attached hydrogens (primary N) is 1. The fourth-order valence-corrected chi connectivity index (χ4v) is 2.40. The van der Waals surface area contributed by atoms with Crippen LogP contribution in [0, 0.1) is 0 Å². The highest BCUT2D eigenvalue weighted by molar-refractivity contribution is 5.38. The minimum atomic E-state index is 0.340. The molecule has 0 amide bonds. The Balaban J connectivity index is 1.82. The van der Waals surface area contributed by atoms with Gasteiger partial charge in [0.15, 0.2) is 0 Å². The second-order valence-corrected chi connectivity index (χ2v) is 4.55. The molecule has 3 aliphatic heterocycles. The molecule has 1 atom stereocenters. The molecule has 0 aromatic carbocycles. The number of nitrogens with zero attached hydrogens (tertiary/aromatic N) is 2. The van der Waals surface area contributed by atoms with E-state index in [2.05, 4.69) is 46.4 Å². The van der Waals surface area contributed by atoms with Crippen LogP contribution in [0.1, 0.15) is 6.42 Å². The summed E-state index contributed by atoms with van der Waals surface area (Å²) in [6.07, 6.45) is 14.1. The second kappa shape index (κ2) is 3.83. The van der Waals surface area contributed by atoms with Crippen LogP contribution >= 0.6 is 0 Å². The Hall–Kier alpha value is -1.48. The molecule has 0 aromatic rings. The minimum Gasteiger partial charge on any atom is -0.370 e. The Bertz CT molecular complexity index is 403. The molecule has 3 nitrogen and oxygen atoms in total. The van der Waals surface area contributed by atoms with E-state index in [1.165, 1.54) is 11.4 Å². The topological polar surface area (TPSA) is 32.5 Å². The third kappa shape index (κ3) is 1.67. The molecule has 0 bridgehead atoms. The monoisotopic (exact) mass is 215 g/mol. The highest BCUT2D eigenvalue weighted by Gasteiger charge is 2.22. The van der Waals surface area contributed by atoms with Gasteiger partial charge in [-0.05, 0) is 24.6 Å². The summed E-state index contributed by atoms with van der Waals surface area (Å²) in [5, 5.41) is 0. The van der Waals surface area contributed by atoms with Gasteiger partial charge in [0.2, 0.25) is 0 Å². The lowest BCUT2D eigenvalue weighted by Gasteiger charge is -2.29. The first-order valence-corrected chi connectivity index (χ1v) is 5.87. The Labute approximate surface area is 96.2 Å². The zero-order chi connectivity index (χ0) is 11.0. The van der Waals surface area contributed by atoms with Gasteiger partial charge < -0.3 is 15.5 Å². The van der Waals surface area contributed by atoms with Crippen molar-refractivity contribution in [2.75, 3.05) is 19.6 Å². The Morgan fingerprint density at radius 2 is 2.25 bits per heavy atom. The molecule has 3 heterocycles. The fraction of sp³-hybridized carbons (Fsp3) is 0.385. The van der Waals surface area contributed by atoms with Crippen LogP contribution in [-0.4, -0.2) is 35.5 Å². The van der Waals surface area contributed by atoms with Crippen LogP contribution in [0.15, 0.2) is 48.0 Å². The molecule has 84 valence electrons. The lowest BCUT2D eigenvalue weighted by Crippen LogP contribution is -2.28. The van der Waals surface area contributed by atoms with Gasteiger partial charge in [0.25, 0.3) is 0 Å². The number of hydrogen-bond donors (Lipinski definition) is 1. The summed E-state index contributed by atoms with van der Waals surface area (Å²) < 4.78 is 0. The van der Waals surface area contributed by atoms with Crippen molar-refractivity contribution in [2.45, 2.75) is 12.5 Å². The van der Waals surface area contributed by atoms with Crippen molar-refractivity contribution in [3.63, 3.8) is 0 Å². The standard InChI is InChI=1S/C13H17N3/c14-11-4-7-16(10-11)13-5-8-15-6-2-1-3-12(15)9-13/h1-3,5,8-9,11H,4,6-7,10,14H2. The van der Waals surface area contributed by atoms with E-state index in [0.29, 0.717) is 6.04 Å². The van der Waals surface area contributed by atoms with Crippen LogP contribution in [0.4, 0.5) is 0 Å². The number of fused-ring (bicyclic) bond motifs is 1. The van der Waals surface area contributed by atoms with Crippen molar-refractivity contribution in [3.8, 4) is 0 Å². The van der Waals surface area contributed by atoms with E-state index >= 15 is 0 Å². The van der Waals surface area contributed by atoms with E-state index < -0.39 is 0 Å². The summed E-state index contributed by atoms with van der Waals surface area (Å²) in [5.41, 5.74) is 8.51. The maximum atomic E-state index is 5.93. The predicted octanol–water partition coefficient (Wildman–Crippen LogP) is 1.19. The molecule has 3 heteroatoms. The first-order chi connectivity index (χ1) is 7.83. The van der Waals surface area contributed by atoms with Crippen LogP contribution in [0.2, 0.25) is 0 Å². The van der Waals surface area contributed by atoms with Gasteiger partial charge in [0.1, 0.15) is 0 Å². The van der Waals surface area contributed by atoms with E-state index in [4.69, 9.17) is 5.73 Å². The molecule has 3 aliphatic rings. The molecule has 1 saturated heterocycles. The Morgan fingerprint density at radius 3 is 3.06 bits per heavy atom.